The van der Waals surface area contributed by atoms with Gasteiger partial charge in [-0.25, -0.2) is 4.98 Å². The van der Waals surface area contributed by atoms with Crippen molar-refractivity contribution in [1.82, 2.24) is 9.55 Å². The first-order valence-corrected chi connectivity index (χ1v) is 5.52. The van der Waals surface area contributed by atoms with E-state index < -0.39 is 0 Å². The van der Waals surface area contributed by atoms with Crippen molar-refractivity contribution in [2.75, 3.05) is 18.9 Å². The molecule has 1 aromatic heterocycles. The summed E-state index contributed by atoms with van der Waals surface area (Å²) in [5.74, 6) is 0.578. The van der Waals surface area contributed by atoms with Gasteiger partial charge in [0.2, 0.25) is 5.95 Å². The molecule has 1 saturated heterocycles. The smallest absolute Gasteiger partial charge is 0.201 e. The number of hydrogen-bond donors (Lipinski definition) is 1. The largest absolute Gasteiger partial charge is 0.379 e. The van der Waals surface area contributed by atoms with E-state index in [-0.39, 0.29) is 5.54 Å². The van der Waals surface area contributed by atoms with E-state index in [1.165, 1.54) is 0 Å². The fourth-order valence-corrected chi connectivity index (χ4v) is 2.44. The number of nitrogens with zero attached hydrogens (tertiary/aromatic N) is 2. The van der Waals surface area contributed by atoms with Crippen molar-refractivity contribution in [2.24, 2.45) is 0 Å². The molecule has 1 aliphatic heterocycles. The second kappa shape index (κ2) is 3.22. The van der Waals surface area contributed by atoms with Crippen molar-refractivity contribution in [3.63, 3.8) is 0 Å². The highest BCUT2D eigenvalue weighted by Gasteiger charge is 2.34. The molecule has 0 spiro atoms. The van der Waals surface area contributed by atoms with Crippen LogP contribution in [0.3, 0.4) is 0 Å². The number of nitrogens with two attached hydrogens (primary N) is 1. The Morgan fingerprint density at radius 2 is 2.25 bits per heavy atom. The number of ether oxygens (including phenoxy) is 1. The lowest BCUT2D eigenvalue weighted by Gasteiger charge is -2.25. The Morgan fingerprint density at radius 1 is 1.44 bits per heavy atom. The van der Waals surface area contributed by atoms with E-state index in [1.807, 2.05) is 18.2 Å². The third-order valence-electron chi connectivity index (χ3n) is 3.32. The van der Waals surface area contributed by atoms with E-state index >= 15 is 0 Å². The van der Waals surface area contributed by atoms with Crippen molar-refractivity contribution in [3.05, 3.63) is 24.3 Å². The predicted molar refractivity (Wildman–Crippen MR) is 63.2 cm³/mol. The molecule has 1 aromatic carbocycles. The Bertz CT molecular complexity index is 526. The fraction of sp³-hybridized carbons (Fsp3) is 0.417. The maximum atomic E-state index is 6.01. The molecular formula is C12H15N3O. The van der Waals surface area contributed by atoms with Crippen LogP contribution in [0.15, 0.2) is 24.3 Å². The van der Waals surface area contributed by atoms with Gasteiger partial charge in [0.15, 0.2) is 0 Å². The van der Waals surface area contributed by atoms with Gasteiger partial charge in [-0.15, -0.1) is 0 Å². The van der Waals surface area contributed by atoms with E-state index in [1.54, 1.807) is 0 Å². The number of fused-ring (bicyclic) bond motifs is 1. The molecule has 0 amide bonds. The van der Waals surface area contributed by atoms with Crippen LogP contribution in [0.2, 0.25) is 0 Å². The molecule has 1 unspecified atom stereocenters. The van der Waals surface area contributed by atoms with E-state index in [0.717, 1.165) is 24.1 Å². The highest BCUT2D eigenvalue weighted by atomic mass is 16.5. The van der Waals surface area contributed by atoms with E-state index in [4.69, 9.17) is 10.5 Å². The lowest BCUT2D eigenvalue weighted by Crippen LogP contribution is -2.31. The Balaban J connectivity index is 2.26. The van der Waals surface area contributed by atoms with Gasteiger partial charge in [-0.05, 0) is 25.5 Å². The molecule has 1 aliphatic rings. The third-order valence-corrected chi connectivity index (χ3v) is 3.32. The molecule has 4 heteroatoms. The summed E-state index contributed by atoms with van der Waals surface area (Å²) in [5, 5.41) is 0. The van der Waals surface area contributed by atoms with Crippen LogP contribution in [-0.2, 0) is 10.3 Å². The van der Waals surface area contributed by atoms with Gasteiger partial charge in [-0.3, -0.25) is 0 Å². The SMILES string of the molecule is CC1(n2c(N)nc3ccccc32)CCOC1. The maximum Gasteiger partial charge on any atom is 0.201 e. The molecule has 1 atom stereocenters. The second-order valence-corrected chi connectivity index (χ2v) is 4.59. The van der Waals surface area contributed by atoms with Crippen LogP contribution in [0.4, 0.5) is 5.95 Å². The molecule has 0 bridgehead atoms. The Hall–Kier alpha value is -1.55. The molecule has 16 heavy (non-hydrogen) atoms. The van der Waals surface area contributed by atoms with Crippen molar-refractivity contribution in [1.29, 1.82) is 0 Å². The average molecular weight is 217 g/mol. The molecule has 3 rings (SSSR count). The van der Waals surface area contributed by atoms with Crippen molar-refractivity contribution >= 4 is 17.0 Å². The highest BCUT2D eigenvalue weighted by Crippen LogP contribution is 2.33. The maximum absolute atomic E-state index is 6.01. The average Bonchev–Trinajstić information content (AvgIpc) is 2.81. The predicted octanol–water partition coefficient (Wildman–Crippen LogP) is 1.75. The number of anilines is 1. The Kier molecular flexibility index (Phi) is 1.94. The molecule has 4 nitrogen and oxygen atoms in total. The molecule has 1 fully saturated rings. The zero-order chi connectivity index (χ0) is 11.2. The number of rotatable bonds is 1. The minimum atomic E-state index is -0.0554. The molecular weight excluding hydrogens is 202 g/mol. The Morgan fingerprint density at radius 3 is 3.00 bits per heavy atom. The van der Waals surface area contributed by atoms with Crippen LogP contribution < -0.4 is 5.73 Å². The summed E-state index contributed by atoms with van der Waals surface area (Å²) < 4.78 is 7.59. The first kappa shape index (κ1) is 9.66. The summed E-state index contributed by atoms with van der Waals surface area (Å²) in [5.41, 5.74) is 8.00. The normalized spacial score (nSPS) is 25.3. The molecule has 0 radical (unpaired) electrons. The highest BCUT2D eigenvalue weighted by molar-refractivity contribution is 5.78. The van der Waals surface area contributed by atoms with Crippen LogP contribution in [0.25, 0.3) is 11.0 Å². The van der Waals surface area contributed by atoms with Crippen molar-refractivity contribution in [2.45, 2.75) is 18.9 Å². The van der Waals surface area contributed by atoms with Crippen LogP contribution in [0.1, 0.15) is 13.3 Å². The monoisotopic (exact) mass is 217 g/mol. The lowest BCUT2D eigenvalue weighted by molar-refractivity contribution is 0.164. The number of aromatic nitrogens is 2. The minimum Gasteiger partial charge on any atom is -0.379 e. The van der Waals surface area contributed by atoms with Gasteiger partial charge >= 0.3 is 0 Å². The number of para-hydroxylation sites is 2. The third kappa shape index (κ3) is 1.23. The summed E-state index contributed by atoms with van der Waals surface area (Å²) in [6.45, 7) is 3.67. The zero-order valence-corrected chi connectivity index (χ0v) is 9.31. The topological polar surface area (TPSA) is 53.1 Å². The van der Waals surface area contributed by atoms with Crippen molar-refractivity contribution < 1.29 is 4.74 Å². The molecule has 0 saturated carbocycles. The van der Waals surface area contributed by atoms with Gasteiger partial charge in [0.25, 0.3) is 0 Å². The van der Waals surface area contributed by atoms with Crippen LogP contribution in [-0.4, -0.2) is 22.8 Å². The van der Waals surface area contributed by atoms with Crippen molar-refractivity contribution in [3.8, 4) is 0 Å². The summed E-state index contributed by atoms with van der Waals surface area (Å²) in [6, 6.07) is 8.04. The molecule has 84 valence electrons. The standard InChI is InChI=1S/C12H15N3O/c1-12(6-7-16-8-12)15-10-5-3-2-4-9(10)14-11(15)13/h2-5H,6-8H2,1H3,(H2,13,14). The number of hydrogen-bond acceptors (Lipinski definition) is 3. The van der Waals surface area contributed by atoms with Gasteiger partial charge in [0.05, 0.1) is 23.2 Å². The second-order valence-electron chi connectivity index (χ2n) is 4.59. The summed E-state index contributed by atoms with van der Waals surface area (Å²) in [7, 11) is 0. The van der Waals surface area contributed by atoms with E-state index in [2.05, 4.69) is 22.5 Å². The number of nitrogen functional groups attached to an aromatic ring is 1. The van der Waals surface area contributed by atoms with Crippen LogP contribution in [0.5, 0.6) is 0 Å². The summed E-state index contributed by atoms with van der Waals surface area (Å²) in [4.78, 5) is 4.39. The first-order chi connectivity index (χ1) is 7.71. The van der Waals surface area contributed by atoms with Gasteiger partial charge in [-0.1, -0.05) is 12.1 Å². The quantitative estimate of drug-likeness (QED) is 0.791. The summed E-state index contributed by atoms with van der Waals surface area (Å²) in [6.07, 6.45) is 0.984. The summed E-state index contributed by atoms with van der Waals surface area (Å²) >= 11 is 0. The van der Waals surface area contributed by atoms with Gasteiger partial charge in [0, 0.05) is 6.61 Å². The molecule has 2 N–H and O–H groups in total. The molecule has 2 aromatic rings. The van der Waals surface area contributed by atoms with Gasteiger partial charge in [-0.2, -0.15) is 0 Å². The van der Waals surface area contributed by atoms with Crippen LogP contribution in [0, 0.1) is 0 Å². The van der Waals surface area contributed by atoms with E-state index in [9.17, 15) is 0 Å². The molecule has 0 aliphatic carbocycles. The number of benzene rings is 1. The minimum absolute atomic E-state index is 0.0554. The van der Waals surface area contributed by atoms with Gasteiger partial charge < -0.3 is 15.0 Å². The lowest BCUT2D eigenvalue weighted by atomic mass is 10.0. The fourth-order valence-electron chi connectivity index (χ4n) is 2.44. The molecule has 2 heterocycles. The van der Waals surface area contributed by atoms with E-state index in [0.29, 0.717) is 12.6 Å². The Labute approximate surface area is 94.0 Å². The number of imidazole rings is 1. The zero-order valence-electron chi connectivity index (χ0n) is 9.31. The first-order valence-electron chi connectivity index (χ1n) is 5.52. The van der Waals surface area contributed by atoms with Crippen LogP contribution >= 0.6 is 0 Å². The van der Waals surface area contributed by atoms with Gasteiger partial charge in [0.1, 0.15) is 0 Å².